The topological polar surface area (TPSA) is 65.0 Å². The molecule has 0 fully saturated rings. The van der Waals surface area contributed by atoms with Crippen molar-refractivity contribution in [2.75, 3.05) is 13.2 Å². The summed E-state index contributed by atoms with van der Waals surface area (Å²) in [7, 11) is 0. The maximum Gasteiger partial charge on any atom is 0.218 e. The average Bonchev–Trinajstić information content (AvgIpc) is 2.38. The number of ether oxygens (including phenoxy) is 2. The Hall–Kier alpha value is -1.11. The predicted molar refractivity (Wildman–Crippen MR) is 82.0 cm³/mol. The van der Waals surface area contributed by atoms with Gasteiger partial charge in [-0.05, 0) is 48.9 Å². The number of nitrogens with zero attached hydrogens (tertiary/aromatic N) is 1. The molecule has 0 aliphatic carbocycles. The van der Waals surface area contributed by atoms with Gasteiger partial charge in [0.25, 0.3) is 0 Å². The van der Waals surface area contributed by atoms with Crippen molar-refractivity contribution in [3.8, 4) is 0 Å². The van der Waals surface area contributed by atoms with E-state index in [1.807, 2.05) is 0 Å². The van der Waals surface area contributed by atoms with Gasteiger partial charge >= 0.3 is 0 Å². The van der Waals surface area contributed by atoms with Crippen molar-refractivity contribution in [3.63, 3.8) is 0 Å². The molecule has 0 aromatic carbocycles. The number of carbonyl (C=O) groups excluding carboxylic acids is 2. The first-order valence-electron chi connectivity index (χ1n) is 6.36. The Bertz CT molecular complexity index is 396. The zero-order chi connectivity index (χ0) is 15.4. The molecule has 0 heterocycles. The van der Waals surface area contributed by atoms with Gasteiger partial charge in [-0.2, -0.15) is 0 Å². The summed E-state index contributed by atoms with van der Waals surface area (Å²) in [5.41, 5.74) is 0. The van der Waals surface area contributed by atoms with Crippen molar-refractivity contribution < 1.29 is 19.1 Å². The van der Waals surface area contributed by atoms with Crippen LogP contribution in [0.5, 0.6) is 0 Å². The van der Waals surface area contributed by atoms with Gasteiger partial charge in [0.05, 0.1) is 6.42 Å². The van der Waals surface area contributed by atoms with Crippen LogP contribution < -0.4 is 0 Å². The monoisotopic (exact) mass is 345 g/mol. The van der Waals surface area contributed by atoms with Crippen LogP contribution in [0.2, 0.25) is 0 Å². The molecule has 0 rings (SSSR count). The number of hydrogen-bond acceptors (Lipinski definition) is 5. The van der Waals surface area contributed by atoms with E-state index < -0.39 is 6.29 Å². The Morgan fingerprint density at radius 1 is 1.25 bits per heavy atom. The van der Waals surface area contributed by atoms with E-state index in [4.69, 9.17) is 9.47 Å². The Morgan fingerprint density at radius 2 is 1.85 bits per heavy atom. The smallest absolute Gasteiger partial charge is 0.218 e. The van der Waals surface area contributed by atoms with Crippen molar-refractivity contribution in [2.24, 2.45) is 4.99 Å². The lowest BCUT2D eigenvalue weighted by atomic mass is 10.2. The normalized spacial score (nSPS) is 12.8. The first-order chi connectivity index (χ1) is 9.54. The highest BCUT2D eigenvalue weighted by molar-refractivity contribution is 9.11. The maximum absolute atomic E-state index is 11.8. The van der Waals surface area contributed by atoms with Gasteiger partial charge in [-0.3, -0.25) is 14.6 Å². The third-order valence-corrected chi connectivity index (χ3v) is 2.48. The molecule has 0 saturated heterocycles. The Kier molecular flexibility index (Phi) is 11.0. The molecule has 0 spiro atoms. The van der Waals surface area contributed by atoms with Crippen LogP contribution in [-0.2, 0) is 19.1 Å². The minimum Gasteiger partial charge on any atom is -0.346 e. The number of Topliss-reactive ketones (excluding diaryl/α,β-unsaturated/α-hetero) is 1. The fourth-order valence-electron chi connectivity index (χ4n) is 1.25. The van der Waals surface area contributed by atoms with E-state index in [2.05, 4.69) is 20.9 Å². The van der Waals surface area contributed by atoms with Crippen LogP contribution in [0.25, 0.3) is 0 Å². The maximum atomic E-state index is 11.8. The van der Waals surface area contributed by atoms with Gasteiger partial charge in [0.15, 0.2) is 11.6 Å². The lowest BCUT2D eigenvalue weighted by Gasteiger charge is -2.14. The molecule has 0 aromatic heterocycles. The van der Waals surface area contributed by atoms with Crippen LogP contribution >= 0.6 is 15.9 Å². The lowest BCUT2D eigenvalue weighted by molar-refractivity contribution is -0.168. The van der Waals surface area contributed by atoms with Crippen LogP contribution in [0.3, 0.4) is 0 Å². The average molecular weight is 346 g/mol. The highest BCUT2D eigenvalue weighted by atomic mass is 79.9. The standard InChI is InChI=1S/C14H20BrNO4/c1-4-16-13(15)9-7-8-11(17)10-12(18)14(19-5-2)20-6-3/h4,7-9,14H,5-6,10H2,1-3H3/b8-7+,13-9-,16-4-. The van der Waals surface area contributed by atoms with E-state index in [1.54, 1.807) is 33.1 Å². The largest absolute Gasteiger partial charge is 0.346 e. The molecule has 0 amide bonds. The van der Waals surface area contributed by atoms with Gasteiger partial charge < -0.3 is 9.47 Å². The number of carbonyl (C=O) groups is 2. The zero-order valence-electron chi connectivity index (χ0n) is 12.0. The summed E-state index contributed by atoms with van der Waals surface area (Å²) in [6, 6.07) is 0. The highest BCUT2D eigenvalue weighted by Gasteiger charge is 2.20. The second-order valence-electron chi connectivity index (χ2n) is 3.59. The van der Waals surface area contributed by atoms with Gasteiger partial charge in [-0.1, -0.05) is 6.08 Å². The molecule has 0 aromatic rings. The van der Waals surface area contributed by atoms with Gasteiger partial charge in [0.2, 0.25) is 6.29 Å². The number of hydrogen-bond donors (Lipinski definition) is 0. The molecule has 0 aliphatic rings. The zero-order valence-corrected chi connectivity index (χ0v) is 13.6. The van der Waals surface area contributed by atoms with Crippen LogP contribution in [0.15, 0.2) is 27.8 Å². The molecule has 0 saturated carbocycles. The van der Waals surface area contributed by atoms with Crippen molar-refractivity contribution in [2.45, 2.75) is 33.5 Å². The van der Waals surface area contributed by atoms with E-state index in [0.29, 0.717) is 17.8 Å². The summed E-state index contributed by atoms with van der Waals surface area (Å²) < 4.78 is 10.9. The third kappa shape index (κ3) is 8.90. The Morgan fingerprint density at radius 3 is 2.35 bits per heavy atom. The molecule has 5 nitrogen and oxygen atoms in total. The summed E-state index contributed by atoms with van der Waals surface area (Å²) >= 11 is 3.20. The molecule has 0 atom stereocenters. The summed E-state index contributed by atoms with van der Waals surface area (Å²) in [6.45, 7) is 6.01. The Labute approximate surface area is 127 Å². The third-order valence-electron chi connectivity index (χ3n) is 2.02. The van der Waals surface area contributed by atoms with Gasteiger partial charge in [-0.15, -0.1) is 0 Å². The fraction of sp³-hybridized carbons (Fsp3) is 0.500. The first-order valence-corrected chi connectivity index (χ1v) is 7.15. The molecule has 112 valence electrons. The number of aliphatic imine (C=N–C) groups is 1. The van der Waals surface area contributed by atoms with E-state index >= 15 is 0 Å². The van der Waals surface area contributed by atoms with Crippen molar-refractivity contribution in [3.05, 3.63) is 22.8 Å². The van der Waals surface area contributed by atoms with Crippen LogP contribution in [0, 0.1) is 0 Å². The van der Waals surface area contributed by atoms with E-state index in [9.17, 15) is 9.59 Å². The molecule has 0 N–H and O–H groups in total. The van der Waals surface area contributed by atoms with Crippen LogP contribution in [0.1, 0.15) is 27.2 Å². The van der Waals surface area contributed by atoms with Gasteiger partial charge in [0, 0.05) is 19.4 Å². The summed E-state index contributed by atoms with van der Waals surface area (Å²) in [5, 5.41) is 0. The predicted octanol–water partition coefficient (Wildman–Crippen LogP) is 2.80. The quantitative estimate of drug-likeness (QED) is 0.152. The van der Waals surface area contributed by atoms with E-state index in [-0.39, 0.29) is 18.0 Å². The molecule has 20 heavy (non-hydrogen) atoms. The van der Waals surface area contributed by atoms with Gasteiger partial charge in [0.1, 0.15) is 4.61 Å². The van der Waals surface area contributed by atoms with Crippen molar-refractivity contribution in [1.29, 1.82) is 0 Å². The van der Waals surface area contributed by atoms with Crippen molar-refractivity contribution in [1.82, 2.24) is 0 Å². The summed E-state index contributed by atoms with van der Waals surface area (Å²) in [5.74, 6) is -0.686. The number of halogens is 1. The number of allylic oxidation sites excluding steroid dienone is 3. The molecule has 6 heteroatoms. The fourth-order valence-corrected chi connectivity index (χ4v) is 1.61. The molecule has 0 aliphatic heterocycles. The molecule has 0 radical (unpaired) electrons. The second-order valence-corrected chi connectivity index (χ2v) is 4.40. The minimum absolute atomic E-state index is 0.246. The van der Waals surface area contributed by atoms with E-state index in [0.717, 1.165) is 0 Å². The Balaban J connectivity index is 4.40. The highest BCUT2D eigenvalue weighted by Crippen LogP contribution is 2.06. The molecular formula is C14H20BrNO4. The number of ketones is 2. The van der Waals surface area contributed by atoms with E-state index in [1.165, 1.54) is 12.2 Å². The summed E-state index contributed by atoms with van der Waals surface area (Å²) in [6.07, 6.45) is 4.88. The minimum atomic E-state index is -0.964. The summed E-state index contributed by atoms with van der Waals surface area (Å²) in [4.78, 5) is 27.3. The molecule has 0 bridgehead atoms. The van der Waals surface area contributed by atoms with Crippen LogP contribution in [0.4, 0.5) is 0 Å². The molecule has 0 unspecified atom stereocenters. The first kappa shape index (κ1) is 18.9. The van der Waals surface area contributed by atoms with Crippen molar-refractivity contribution >= 4 is 33.7 Å². The second kappa shape index (κ2) is 11.7. The lowest BCUT2D eigenvalue weighted by Crippen LogP contribution is -2.29. The van der Waals surface area contributed by atoms with Gasteiger partial charge in [-0.25, -0.2) is 0 Å². The van der Waals surface area contributed by atoms with Crippen LogP contribution in [-0.4, -0.2) is 37.3 Å². The number of rotatable bonds is 10. The SMILES string of the molecule is C\C=N/C(Br)=C\C=C\C(=O)CC(=O)C(OCC)OCC. The molecular weight excluding hydrogens is 326 g/mol.